The molecule has 0 unspecified atom stereocenters. The number of hydrogen-bond donors (Lipinski definition) is 2. The fourth-order valence-electron chi connectivity index (χ4n) is 2.28. The van der Waals surface area contributed by atoms with Gasteiger partial charge in [-0.3, -0.25) is 0 Å². The largest absolute Gasteiger partial charge is 0.415 e. The zero-order chi connectivity index (χ0) is 21.1. The fourth-order valence-corrected chi connectivity index (χ4v) is 2.67. The normalized spacial score (nSPS) is 13.0. The molecule has 0 fully saturated rings. The van der Waals surface area contributed by atoms with Crippen LogP contribution in [0.1, 0.15) is 0 Å². The van der Waals surface area contributed by atoms with Gasteiger partial charge in [-0.1, -0.05) is 35.3 Å². The minimum atomic E-state index is -4.65. The molecule has 0 aliphatic rings. The third kappa shape index (κ3) is 5.57. The van der Waals surface area contributed by atoms with E-state index in [0.29, 0.717) is 17.1 Å². The van der Waals surface area contributed by atoms with Crippen LogP contribution >= 0.6 is 23.2 Å². The van der Waals surface area contributed by atoms with Gasteiger partial charge in [-0.15, -0.1) is 10.2 Å². The maximum atomic E-state index is 12.4. The first-order chi connectivity index (χ1) is 13.0. The Bertz CT molecular complexity index is 823. The van der Waals surface area contributed by atoms with Gasteiger partial charge in [-0.2, -0.15) is 18.2 Å². The Hall–Kier alpha value is -1.88. The van der Waals surface area contributed by atoms with Crippen molar-refractivity contribution in [2.75, 3.05) is 44.4 Å². The predicted octanol–water partition coefficient (Wildman–Crippen LogP) is 2.72. The Labute approximate surface area is 169 Å². The summed E-state index contributed by atoms with van der Waals surface area (Å²) in [4.78, 5) is 7.12. The number of anilines is 2. The first-order valence-electron chi connectivity index (χ1n) is 8.09. The Morgan fingerprint density at radius 1 is 1.18 bits per heavy atom. The van der Waals surface area contributed by atoms with Gasteiger partial charge >= 0.3 is 6.18 Å². The van der Waals surface area contributed by atoms with Crippen molar-refractivity contribution in [3.05, 3.63) is 28.2 Å². The second-order valence-corrected chi connectivity index (χ2v) is 6.97. The fraction of sp³-hybridized carbons (Fsp3) is 0.438. The Balaban J connectivity index is 2.04. The number of alkyl halides is 3. The molecule has 7 nitrogen and oxygen atoms in total. The van der Waals surface area contributed by atoms with Crippen LogP contribution in [0, 0.1) is 0 Å². The van der Waals surface area contributed by atoms with E-state index >= 15 is 0 Å². The number of benzene rings is 1. The summed E-state index contributed by atoms with van der Waals surface area (Å²) in [6.07, 6.45) is -7.06. The molecule has 1 aromatic heterocycles. The summed E-state index contributed by atoms with van der Waals surface area (Å²) in [5, 5.41) is 17.8. The Morgan fingerprint density at radius 2 is 1.86 bits per heavy atom. The van der Waals surface area contributed by atoms with Crippen molar-refractivity contribution >= 4 is 35.0 Å². The maximum Gasteiger partial charge on any atom is 0.415 e. The molecule has 1 aromatic carbocycles. The van der Waals surface area contributed by atoms with Gasteiger partial charge in [-0.05, 0) is 13.1 Å². The average Bonchev–Trinajstić information content (AvgIpc) is 2.61. The molecule has 28 heavy (non-hydrogen) atoms. The molecule has 154 valence electrons. The van der Waals surface area contributed by atoms with E-state index in [-0.39, 0.29) is 29.0 Å². The lowest BCUT2D eigenvalue weighted by Crippen LogP contribution is -2.41. The van der Waals surface area contributed by atoms with E-state index in [1.54, 1.807) is 30.1 Å². The van der Waals surface area contributed by atoms with Crippen molar-refractivity contribution in [1.29, 1.82) is 0 Å². The number of aliphatic hydroxyl groups is 1. The van der Waals surface area contributed by atoms with Gasteiger partial charge in [0.15, 0.2) is 11.9 Å². The van der Waals surface area contributed by atoms with E-state index in [0.717, 1.165) is 0 Å². The number of hydrogen-bond acceptors (Lipinski definition) is 7. The van der Waals surface area contributed by atoms with Gasteiger partial charge < -0.3 is 20.6 Å². The lowest BCUT2D eigenvalue weighted by atomic mass is 10.1. The van der Waals surface area contributed by atoms with Gasteiger partial charge in [-0.25, -0.2) is 0 Å². The minimum absolute atomic E-state index is 0.0851. The number of nitrogens with two attached hydrogens (primary N) is 1. The molecule has 3 N–H and O–H groups in total. The standard InChI is InChI=1S/C16H19Cl2F3N6O/c1-26(8-11(28)16(19,20)21)6-7-27(2)15-23-14(22)13(24-25-15)9-4-3-5-10(17)12(9)18/h3-5,11,28H,6-8H2,1-2H3,(H2,22,23,25)/t11-/m1/s1. The lowest BCUT2D eigenvalue weighted by molar-refractivity contribution is -0.207. The van der Waals surface area contributed by atoms with Crippen LogP contribution in [0.2, 0.25) is 10.0 Å². The Kier molecular flexibility index (Phi) is 7.27. The highest BCUT2D eigenvalue weighted by Crippen LogP contribution is 2.34. The first-order valence-corrected chi connectivity index (χ1v) is 8.85. The molecule has 2 rings (SSSR count). The SMILES string of the molecule is CN(CCN(C)c1nnc(-c2cccc(Cl)c2Cl)c(N)n1)C[C@@H](O)C(F)(F)F. The van der Waals surface area contributed by atoms with Crippen molar-refractivity contribution in [2.24, 2.45) is 0 Å². The highest BCUT2D eigenvalue weighted by atomic mass is 35.5. The number of nitrogens with zero attached hydrogens (tertiary/aromatic N) is 5. The van der Waals surface area contributed by atoms with Gasteiger partial charge in [0.25, 0.3) is 0 Å². The van der Waals surface area contributed by atoms with Gasteiger partial charge in [0.05, 0.1) is 10.0 Å². The van der Waals surface area contributed by atoms with Crippen molar-refractivity contribution in [3.63, 3.8) is 0 Å². The zero-order valence-corrected chi connectivity index (χ0v) is 16.6. The molecular formula is C16H19Cl2F3N6O. The van der Waals surface area contributed by atoms with Crippen LogP contribution in [0.5, 0.6) is 0 Å². The molecule has 0 radical (unpaired) electrons. The molecule has 0 aliphatic heterocycles. The summed E-state index contributed by atoms with van der Waals surface area (Å²) in [5.74, 6) is 0.283. The third-order valence-electron chi connectivity index (χ3n) is 3.93. The van der Waals surface area contributed by atoms with Crippen molar-refractivity contribution < 1.29 is 18.3 Å². The summed E-state index contributed by atoms with van der Waals surface area (Å²) in [5.41, 5.74) is 6.73. The monoisotopic (exact) mass is 438 g/mol. The Morgan fingerprint density at radius 3 is 2.46 bits per heavy atom. The van der Waals surface area contributed by atoms with Gasteiger partial charge in [0, 0.05) is 32.2 Å². The molecule has 1 atom stereocenters. The summed E-state index contributed by atoms with van der Waals surface area (Å²) in [6, 6.07) is 5.00. The molecule has 1 heterocycles. The average molecular weight is 439 g/mol. The van der Waals surface area contributed by atoms with E-state index in [4.69, 9.17) is 34.0 Å². The smallest absolute Gasteiger partial charge is 0.382 e. The lowest BCUT2D eigenvalue weighted by Gasteiger charge is -2.24. The number of rotatable bonds is 7. The number of aromatic nitrogens is 3. The van der Waals surface area contributed by atoms with Crippen molar-refractivity contribution in [3.8, 4) is 11.3 Å². The van der Waals surface area contributed by atoms with Crippen molar-refractivity contribution in [1.82, 2.24) is 20.1 Å². The molecule has 2 aromatic rings. The second kappa shape index (κ2) is 9.08. The minimum Gasteiger partial charge on any atom is -0.382 e. The van der Waals surface area contributed by atoms with Gasteiger partial charge in [0.2, 0.25) is 5.95 Å². The van der Waals surface area contributed by atoms with Crippen LogP contribution in [-0.4, -0.2) is 71.2 Å². The summed E-state index contributed by atoms with van der Waals surface area (Å²) < 4.78 is 37.2. The van der Waals surface area contributed by atoms with Crippen LogP contribution in [0.15, 0.2) is 18.2 Å². The number of nitrogen functional groups attached to an aromatic ring is 1. The molecule has 0 saturated carbocycles. The van der Waals surface area contributed by atoms with Gasteiger partial charge in [0.1, 0.15) is 5.69 Å². The summed E-state index contributed by atoms with van der Waals surface area (Å²) in [6.45, 7) is -0.0148. The second-order valence-electron chi connectivity index (χ2n) is 6.19. The van der Waals surface area contributed by atoms with Crippen LogP contribution in [-0.2, 0) is 0 Å². The molecule has 0 aliphatic carbocycles. The quantitative estimate of drug-likeness (QED) is 0.686. The topological polar surface area (TPSA) is 91.4 Å². The summed E-state index contributed by atoms with van der Waals surface area (Å²) in [7, 11) is 3.12. The molecule has 0 bridgehead atoms. The van der Waals surface area contributed by atoms with E-state index in [9.17, 15) is 13.2 Å². The molecule has 0 spiro atoms. The number of halogens is 5. The van der Waals surface area contributed by atoms with Crippen LogP contribution in [0.4, 0.5) is 24.9 Å². The molecule has 0 amide bonds. The van der Waals surface area contributed by atoms with Crippen LogP contribution < -0.4 is 10.6 Å². The molecule has 0 saturated heterocycles. The van der Waals surface area contributed by atoms with E-state index < -0.39 is 18.8 Å². The maximum absolute atomic E-state index is 12.4. The highest BCUT2D eigenvalue weighted by Gasteiger charge is 2.38. The van der Waals surface area contributed by atoms with E-state index in [2.05, 4.69) is 15.2 Å². The predicted molar refractivity (Wildman–Crippen MR) is 103 cm³/mol. The molecule has 12 heteroatoms. The summed E-state index contributed by atoms with van der Waals surface area (Å²) >= 11 is 12.2. The van der Waals surface area contributed by atoms with E-state index in [1.807, 2.05) is 0 Å². The first kappa shape index (κ1) is 22.4. The van der Waals surface area contributed by atoms with E-state index in [1.165, 1.54) is 11.9 Å². The molecular weight excluding hydrogens is 420 g/mol. The highest BCUT2D eigenvalue weighted by molar-refractivity contribution is 6.43. The zero-order valence-electron chi connectivity index (χ0n) is 15.1. The third-order valence-corrected chi connectivity index (χ3v) is 4.75. The number of likely N-dealkylation sites (N-methyl/N-ethyl adjacent to an activating group) is 2. The number of aliphatic hydroxyl groups excluding tert-OH is 1. The van der Waals surface area contributed by atoms with Crippen LogP contribution in [0.3, 0.4) is 0 Å². The van der Waals surface area contributed by atoms with Crippen molar-refractivity contribution in [2.45, 2.75) is 12.3 Å². The van der Waals surface area contributed by atoms with Crippen LogP contribution in [0.25, 0.3) is 11.3 Å².